The molecule has 5 nitrogen and oxygen atoms in total. The first-order valence-electron chi connectivity index (χ1n) is 8.38. The smallest absolute Gasteiger partial charge is 0.289 e. The number of hydrogen-bond donors (Lipinski definition) is 1. The standard InChI is InChI=1S/C19H24N2O3/c1-13-5-7-17(14(2)10-13)23-12-16-6-8-18(24-16)19(22)21-9-3-4-15(21)11-20/h5-8,10,15H,3-4,9,11-12,20H2,1-2H3/t15-/m1/s1. The van der Waals surface area contributed by atoms with Gasteiger partial charge in [0.15, 0.2) is 5.76 Å². The van der Waals surface area contributed by atoms with Crippen LogP contribution in [-0.4, -0.2) is 29.9 Å². The van der Waals surface area contributed by atoms with Gasteiger partial charge in [0.1, 0.15) is 18.1 Å². The average Bonchev–Trinajstić information content (AvgIpc) is 3.22. The van der Waals surface area contributed by atoms with Gasteiger partial charge in [-0.1, -0.05) is 17.7 Å². The van der Waals surface area contributed by atoms with Gasteiger partial charge >= 0.3 is 0 Å². The first kappa shape index (κ1) is 16.6. The third kappa shape index (κ3) is 3.46. The van der Waals surface area contributed by atoms with Gasteiger partial charge in [-0.2, -0.15) is 0 Å². The number of rotatable bonds is 5. The van der Waals surface area contributed by atoms with Crippen molar-refractivity contribution in [3.05, 3.63) is 53.0 Å². The lowest BCUT2D eigenvalue weighted by Gasteiger charge is -2.22. The highest BCUT2D eigenvalue weighted by Crippen LogP contribution is 2.23. The quantitative estimate of drug-likeness (QED) is 0.916. The van der Waals surface area contributed by atoms with E-state index < -0.39 is 0 Å². The van der Waals surface area contributed by atoms with E-state index in [1.54, 1.807) is 12.1 Å². The summed E-state index contributed by atoms with van der Waals surface area (Å²) in [7, 11) is 0. The number of likely N-dealkylation sites (tertiary alicyclic amines) is 1. The van der Waals surface area contributed by atoms with Crippen LogP contribution in [0.2, 0.25) is 0 Å². The van der Waals surface area contributed by atoms with Gasteiger partial charge in [-0.3, -0.25) is 4.79 Å². The molecule has 24 heavy (non-hydrogen) atoms. The minimum absolute atomic E-state index is 0.0827. The lowest BCUT2D eigenvalue weighted by molar-refractivity contribution is 0.0705. The fourth-order valence-electron chi connectivity index (χ4n) is 3.17. The Bertz CT molecular complexity index is 723. The summed E-state index contributed by atoms with van der Waals surface area (Å²) in [6.45, 7) is 5.61. The van der Waals surface area contributed by atoms with Crippen molar-refractivity contribution in [2.24, 2.45) is 5.73 Å². The van der Waals surface area contributed by atoms with Gasteiger partial charge in [0.2, 0.25) is 0 Å². The number of nitrogens with zero attached hydrogens (tertiary/aromatic N) is 1. The molecule has 1 atom stereocenters. The molecular formula is C19H24N2O3. The third-order valence-electron chi connectivity index (χ3n) is 4.48. The van der Waals surface area contributed by atoms with Crippen molar-refractivity contribution in [1.29, 1.82) is 0 Å². The second-order valence-corrected chi connectivity index (χ2v) is 6.35. The van der Waals surface area contributed by atoms with Crippen LogP contribution in [0, 0.1) is 13.8 Å². The lowest BCUT2D eigenvalue weighted by atomic mass is 10.1. The zero-order valence-electron chi connectivity index (χ0n) is 14.2. The summed E-state index contributed by atoms with van der Waals surface area (Å²) in [5.41, 5.74) is 8.02. The molecule has 1 aromatic heterocycles. The minimum Gasteiger partial charge on any atom is -0.485 e. The highest BCUT2D eigenvalue weighted by atomic mass is 16.5. The van der Waals surface area contributed by atoms with Crippen molar-refractivity contribution in [3.63, 3.8) is 0 Å². The van der Waals surface area contributed by atoms with Crippen LogP contribution < -0.4 is 10.5 Å². The van der Waals surface area contributed by atoms with E-state index in [4.69, 9.17) is 14.9 Å². The molecule has 1 saturated heterocycles. The number of amides is 1. The third-order valence-corrected chi connectivity index (χ3v) is 4.48. The number of benzene rings is 1. The second-order valence-electron chi connectivity index (χ2n) is 6.35. The number of carbonyl (C=O) groups excluding carboxylic acids is 1. The largest absolute Gasteiger partial charge is 0.485 e. The molecule has 0 unspecified atom stereocenters. The molecule has 0 radical (unpaired) electrons. The molecule has 1 aromatic carbocycles. The van der Waals surface area contributed by atoms with E-state index >= 15 is 0 Å². The van der Waals surface area contributed by atoms with Gasteiger partial charge in [-0.15, -0.1) is 0 Å². The van der Waals surface area contributed by atoms with E-state index in [9.17, 15) is 4.79 Å². The minimum atomic E-state index is -0.0827. The molecule has 1 fully saturated rings. The van der Waals surface area contributed by atoms with Crippen molar-refractivity contribution < 1.29 is 13.9 Å². The second kappa shape index (κ2) is 7.09. The van der Waals surface area contributed by atoms with Crippen molar-refractivity contribution in [1.82, 2.24) is 4.90 Å². The Hall–Kier alpha value is -2.27. The van der Waals surface area contributed by atoms with Gasteiger partial charge in [-0.25, -0.2) is 0 Å². The maximum atomic E-state index is 12.5. The average molecular weight is 328 g/mol. The maximum absolute atomic E-state index is 12.5. The molecule has 0 aliphatic carbocycles. The summed E-state index contributed by atoms with van der Waals surface area (Å²) >= 11 is 0. The first-order valence-corrected chi connectivity index (χ1v) is 8.38. The Balaban J connectivity index is 1.64. The van der Waals surface area contributed by atoms with E-state index in [2.05, 4.69) is 6.07 Å². The summed E-state index contributed by atoms with van der Waals surface area (Å²) in [5, 5.41) is 0. The molecule has 2 N–H and O–H groups in total. The van der Waals surface area contributed by atoms with E-state index in [1.165, 1.54) is 5.56 Å². The van der Waals surface area contributed by atoms with E-state index in [0.717, 1.165) is 30.7 Å². The van der Waals surface area contributed by atoms with Gasteiger partial charge < -0.3 is 19.8 Å². The molecule has 1 amide bonds. The molecule has 128 valence electrons. The summed E-state index contributed by atoms with van der Waals surface area (Å²) in [4.78, 5) is 14.3. The predicted octanol–water partition coefficient (Wildman–Crippen LogP) is 3.04. The SMILES string of the molecule is Cc1ccc(OCc2ccc(C(=O)N3CCC[C@@H]3CN)o2)c(C)c1. The monoisotopic (exact) mass is 328 g/mol. The molecule has 1 aliphatic rings. The van der Waals surface area contributed by atoms with Crippen molar-refractivity contribution >= 4 is 5.91 Å². The molecular weight excluding hydrogens is 304 g/mol. The molecule has 1 aliphatic heterocycles. The van der Waals surface area contributed by atoms with Crippen LogP contribution in [0.1, 0.15) is 40.3 Å². The van der Waals surface area contributed by atoms with Gasteiger partial charge in [0, 0.05) is 19.1 Å². The van der Waals surface area contributed by atoms with Crippen molar-refractivity contribution in [2.45, 2.75) is 39.3 Å². The summed E-state index contributed by atoms with van der Waals surface area (Å²) in [6, 6.07) is 9.68. The van der Waals surface area contributed by atoms with Crippen LogP contribution in [-0.2, 0) is 6.61 Å². The molecule has 0 spiro atoms. The van der Waals surface area contributed by atoms with Crippen LogP contribution in [0.4, 0.5) is 0 Å². The normalized spacial score (nSPS) is 17.3. The number of furan rings is 1. The molecule has 2 heterocycles. The molecule has 2 aromatic rings. The Kier molecular flexibility index (Phi) is 4.90. The first-order chi connectivity index (χ1) is 11.6. The Morgan fingerprint density at radius 3 is 2.92 bits per heavy atom. The highest BCUT2D eigenvalue weighted by Gasteiger charge is 2.29. The van der Waals surface area contributed by atoms with Crippen LogP contribution in [0.3, 0.4) is 0 Å². The number of carbonyl (C=O) groups is 1. The maximum Gasteiger partial charge on any atom is 0.289 e. The Morgan fingerprint density at radius 1 is 1.33 bits per heavy atom. The Morgan fingerprint density at radius 2 is 2.17 bits per heavy atom. The lowest BCUT2D eigenvalue weighted by Crippen LogP contribution is -2.39. The summed E-state index contributed by atoms with van der Waals surface area (Å²) < 4.78 is 11.5. The highest BCUT2D eigenvalue weighted by molar-refractivity contribution is 5.92. The number of hydrogen-bond acceptors (Lipinski definition) is 4. The number of ether oxygens (including phenoxy) is 1. The topological polar surface area (TPSA) is 68.7 Å². The molecule has 0 bridgehead atoms. The van der Waals surface area contributed by atoms with E-state index in [1.807, 2.05) is 30.9 Å². The predicted molar refractivity (Wildman–Crippen MR) is 92.1 cm³/mol. The molecule has 0 saturated carbocycles. The Labute approximate surface area is 142 Å². The summed E-state index contributed by atoms with van der Waals surface area (Å²) in [5.74, 6) is 1.74. The van der Waals surface area contributed by atoms with Crippen LogP contribution >= 0.6 is 0 Å². The summed E-state index contributed by atoms with van der Waals surface area (Å²) in [6.07, 6.45) is 1.96. The van der Waals surface area contributed by atoms with E-state index in [0.29, 0.717) is 24.7 Å². The van der Waals surface area contributed by atoms with Gasteiger partial charge in [0.05, 0.1) is 0 Å². The van der Waals surface area contributed by atoms with Crippen molar-refractivity contribution in [3.8, 4) is 5.75 Å². The molecule has 3 rings (SSSR count). The van der Waals surface area contributed by atoms with Crippen LogP contribution in [0.5, 0.6) is 5.75 Å². The fraction of sp³-hybridized carbons (Fsp3) is 0.421. The zero-order chi connectivity index (χ0) is 17.1. The van der Waals surface area contributed by atoms with E-state index in [-0.39, 0.29) is 11.9 Å². The van der Waals surface area contributed by atoms with Crippen molar-refractivity contribution in [2.75, 3.05) is 13.1 Å². The zero-order valence-corrected chi connectivity index (χ0v) is 14.2. The van der Waals surface area contributed by atoms with Crippen LogP contribution in [0.15, 0.2) is 34.7 Å². The number of nitrogens with two attached hydrogens (primary N) is 1. The molecule has 5 heteroatoms. The van der Waals surface area contributed by atoms with Gasteiger partial charge in [-0.05, 0) is 50.5 Å². The van der Waals surface area contributed by atoms with Crippen LogP contribution in [0.25, 0.3) is 0 Å². The van der Waals surface area contributed by atoms with Gasteiger partial charge in [0.25, 0.3) is 5.91 Å². The number of aryl methyl sites for hydroxylation is 2. The fourth-order valence-corrected chi connectivity index (χ4v) is 3.17.